The van der Waals surface area contributed by atoms with E-state index in [1.807, 2.05) is 12.2 Å². The maximum atomic E-state index is 13.7. The van der Waals surface area contributed by atoms with Crippen LogP contribution in [0.4, 0.5) is 14.5 Å². The average Bonchev–Trinajstić information content (AvgIpc) is 2.93. The largest absolute Gasteiger partial charge is 0.465 e. The standard InChI is InChI=1S/C15H15F2NO3/c1-21-15(20)10-7-13(12(17)8-11(10)16)18-14(19)6-9-4-2-3-5-9/h2,4,7-9H,3,5-6H2,1H3,(H,18,19). The van der Waals surface area contributed by atoms with Crippen molar-refractivity contribution in [2.45, 2.75) is 19.3 Å². The zero-order valence-corrected chi connectivity index (χ0v) is 11.5. The predicted molar refractivity (Wildman–Crippen MR) is 72.8 cm³/mol. The van der Waals surface area contributed by atoms with Gasteiger partial charge in [0.05, 0.1) is 18.4 Å². The summed E-state index contributed by atoms with van der Waals surface area (Å²) in [4.78, 5) is 23.2. The highest BCUT2D eigenvalue weighted by Crippen LogP contribution is 2.23. The third-order valence-electron chi connectivity index (χ3n) is 3.30. The van der Waals surface area contributed by atoms with Crippen LogP contribution in [0.15, 0.2) is 24.3 Å². The van der Waals surface area contributed by atoms with Crippen LogP contribution in [0.3, 0.4) is 0 Å². The van der Waals surface area contributed by atoms with Crippen molar-refractivity contribution < 1.29 is 23.1 Å². The van der Waals surface area contributed by atoms with Gasteiger partial charge in [-0.25, -0.2) is 13.6 Å². The fourth-order valence-electron chi connectivity index (χ4n) is 2.22. The number of allylic oxidation sites excluding steroid dienone is 2. The van der Waals surface area contributed by atoms with E-state index in [2.05, 4.69) is 10.1 Å². The number of anilines is 1. The number of carbonyl (C=O) groups excluding carboxylic acids is 2. The van der Waals surface area contributed by atoms with Crippen LogP contribution in [0.5, 0.6) is 0 Å². The van der Waals surface area contributed by atoms with E-state index in [0.29, 0.717) is 6.07 Å². The number of nitrogens with one attached hydrogen (secondary N) is 1. The molecule has 0 aromatic heterocycles. The smallest absolute Gasteiger partial charge is 0.340 e. The first-order chi connectivity index (χ1) is 10.0. The number of benzene rings is 1. The van der Waals surface area contributed by atoms with Crippen LogP contribution in [-0.2, 0) is 9.53 Å². The summed E-state index contributed by atoms with van der Waals surface area (Å²) in [5, 5.41) is 2.36. The minimum absolute atomic E-state index is 0.133. The van der Waals surface area contributed by atoms with Crippen molar-refractivity contribution in [3.05, 3.63) is 41.5 Å². The Morgan fingerprint density at radius 3 is 2.71 bits per heavy atom. The second-order valence-corrected chi connectivity index (χ2v) is 4.82. The number of amides is 1. The predicted octanol–water partition coefficient (Wildman–Crippen LogP) is 3.05. The molecule has 1 N–H and O–H groups in total. The molecular formula is C15H15F2NO3. The van der Waals surface area contributed by atoms with Gasteiger partial charge >= 0.3 is 5.97 Å². The summed E-state index contributed by atoms with van der Waals surface area (Å²) in [6.07, 6.45) is 5.97. The Morgan fingerprint density at radius 2 is 2.10 bits per heavy atom. The summed E-state index contributed by atoms with van der Waals surface area (Å²) in [5.41, 5.74) is -0.654. The molecule has 0 aliphatic heterocycles. The number of methoxy groups -OCH3 is 1. The first-order valence-corrected chi connectivity index (χ1v) is 6.55. The van der Waals surface area contributed by atoms with Crippen LogP contribution in [0.1, 0.15) is 29.6 Å². The van der Waals surface area contributed by atoms with Crippen LogP contribution in [0.25, 0.3) is 0 Å². The van der Waals surface area contributed by atoms with Crippen molar-refractivity contribution >= 4 is 17.6 Å². The molecular weight excluding hydrogens is 280 g/mol. The molecule has 1 unspecified atom stereocenters. The molecule has 1 aromatic carbocycles. The molecule has 4 nitrogen and oxygen atoms in total. The molecule has 21 heavy (non-hydrogen) atoms. The lowest BCUT2D eigenvalue weighted by Gasteiger charge is -2.11. The topological polar surface area (TPSA) is 55.4 Å². The Labute approximate surface area is 120 Å². The molecule has 6 heteroatoms. The van der Waals surface area contributed by atoms with Gasteiger partial charge in [-0.05, 0) is 24.8 Å². The fraction of sp³-hybridized carbons (Fsp3) is 0.333. The van der Waals surface area contributed by atoms with Gasteiger partial charge < -0.3 is 10.1 Å². The van der Waals surface area contributed by atoms with Crippen LogP contribution in [-0.4, -0.2) is 19.0 Å². The quantitative estimate of drug-likeness (QED) is 0.686. The van der Waals surface area contributed by atoms with Crippen molar-refractivity contribution in [2.75, 3.05) is 12.4 Å². The first kappa shape index (κ1) is 15.2. The fourth-order valence-corrected chi connectivity index (χ4v) is 2.22. The SMILES string of the molecule is COC(=O)c1cc(NC(=O)CC2C=CCC2)c(F)cc1F. The molecule has 0 radical (unpaired) electrons. The van der Waals surface area contributed by atoms with Crippen LogP contribution < -0.4 is 5.32 Å². The van der Waals surface area contributed by atoms with E-state index in [1.165, 1.54) is 0 Å². The first-order valence-electron chi connectivity index (χ1n) is 6.55. The van der Waals surface area contributed by atoms with E-state index in [-0.39, 0.29) is 23.9 Å². The highest BCUT2D eigenvalue weighted by molar-refractivity contribution is 5.95. The van der Waals surface area contributed by atoms with Crippen molar-refractivity contribution in [1.29, 1.82) is 0 Å². The van der Waals surface area contributed by atoms with Gasteiger partial charge in [0.2, 0.25) is 5.91 Å². The van der Waals surface area contributed by atoms with Gasteiger partial charge in [0.25, 0.3) is 0 Å². The lowest BCUT2D eigenvalue weighted by Crippen LogP contribution is -2.17. The molecule has 2 rings (SSSR count). The number of rotatable bonds is 4. The maximum absolute atomic E-state index is 13.7. The number of hydrogen-bond donors (Lipinski definition) is 1. The van der Waals surface area contributed by atoms with Gasteiger partial charge in [-0.3, -0.25) is 4.79 Å². The van der Waals surface area contributed by atoms with E-state index in [0.717, 1.165) is 26.0 Å². The van der Waals surface area contributed by atoms with Crippen molar-refractivity contribution in [2.24, 2.45) is 5.92 Å². The van der Waals surface area contributed by atoms with Crippen LogP contribution >= 0.6 is 0 Å². The Kier molecular flexibility index (Phi) is 4.67. The average molecular weight is 295 g/mol. The Morgan fingerprint density at radius 1 is 1.33 bits per heavy atom. The zero-order valence-electron chi connectivity index (χ0n) is 11.5. The van der Waals surface area contributed by atoms with E-state index < -0.39 is 23.2 Å². The number of hydrogen-bond acceptors (Lipinski definition) is 3. The molecule has 0 saturated heterocycles. The molecule has 112 valence electrons. The number of ether oxygens (including phenoxy) is 1. The van der Waals surface area contributed by atoms with Crippen molar-refractivity contribution in [3.63, 3.8) is 0 Å². The molecule has 0 saturated carbocycles. The molecule has 1 amide bonds. The van der Waals surface area contributed by atoms with E-state index in [4.69, 9.17) is 0 Å². The van der Waals surface area contributed by atoms with Gasteiger partial charge in [0.1, 0.15) is 11.6 Å². The molecule has 1 aliphatic carbocycles. The maximum Gasteiger partial charge on any atom is 0.340 e. The number of esters is 1. The minimum Gasteiger partial charge on any atom is -0.465 e. The van der Waals surface area contributed by atoms with Gasteiger partial charge in [-0.1, -0.05) is 12.2 Å². The second kappa shape index (κ2) is 6.47. The summed E-state index contributed by atoms with van der Waals surface area (Å²) in [5.74, 6) is -3.14. The second-order valence-electron chi connectivity index (χ2n) is 4.82. The number of halogens is 2. The highest BCUT2D eigenvalue weighted by atomic mass is 19.1. The highest BCUT2D eigenvalue weighted by Gasteiger charge is 2.19. The van der Waals surface area contributed by atoms with Gasteiger partial charge in [0, 0.05) is 12.5 Å². The summed E-state index contributed by atoms with van der Waals surface area (Å²) in [7, 11) is 1.09. The Balaban J connectivity index is 2.13. The minimum atomic E-state index is -1.03. The molecule has 0 fully saturated rings. The molecule has 0 spiro atoms. The summed E-state index contributed by atoms with van der Waals surface area (Å²) in [6.45, 7) is 0. The summed E-state index contributed by atoms with van der Waals surface area (Å²) >= 11 is 0. The zero-order chi connectivity index (χ0) is 15.4. The molecule has 0 heterocycles. The van der Waals surface area contributed by atoms with Gasteiger partial charge in [-0.15, -0.1) is 0 Å². The monoisotopic (exact) mass is 295 g/mol. The van der Waals surface area contributed by atoms with Crippen molar-refractivity contribution in [3.8, 4) is 0 Å². The molecule has 1 aromatic rings. The molecule has 0 bridgehead atoms. The van der Waals surface area contributed by atoms with Crippen molar-refractivity contribution in [1.82, 2.24) is 0 Å². The molecule has 1 atom stereocenters. The third kappa shape index (κ3) is 3.65. The number of carbonyl (C=O) groups is 2. The van der Waals surface area contributed by atoms with Crippen LogP contribution in [0.2, 0.25) is 0 Å². The van der Waals surface area contributed by atoms with Gasteiger partial charge in [0.15, 0.2) is 0 Å². The Hall–Kier alpha value is -2.24. The molecule has 1 aliphatic rings. The summed E-state index contributed by atoms with van der Waals surface area (Å²) in [6, 6.07) is 1.50. The van der Waals surface area contributed by atoms with E-state index in [1.54, 1.807) is 0 Å². The lowest BCUT2D eigenvalue weighted by atomic mass is 10.0. The Bertz CT molecular complexity index is 599. The lowest BCUT2D eigenvalue weighted by molar-refractivity contribution is -0.116. The van der Waals surface area contributed by atoms with Gasteiger partial charge in [-0.2, -0.15) is 0 Å². The summed E-state index contributed by atoms with van der Waals surface area (Å²) < 4.78 is 31.5. The van der Waals surface area contributed by atoms with E-state index in [9.17, 15) is 18.4 Å². The van der Waals surface area contributed by atoms with Crippen LogP contribution in [0, 0.1) is 17.6 Å². The van der Waals surface area contributed by atoms with E-state index >= 15 is 0 Å². The third-order valence-corrected chi connectivity index (χ3v) is 3.30. The normalized spacial score (nSPS) is 16.8.